The highest BCUT2D eigenvalue weighted by atomic mass is 14.8. The molecule has 0 aliphatic rings. The summed E-state index contributed by atoms with van der Waals surface area (Å²) in [6.45, 7) is 13.3. The van der Waals surface area contributed by atoms with Crippen molar-refractivity contribution in [2.24, 2.45) is 5.41 Å². The Morgan fingerprint density at radius 3 is 2.46 bits per heavy atom. The van der Waals surface area contributed by atoms with Crippen LogP contribution in [0.25, 0.3) is 4.85 Å². The van der Waals surface area contributed by atoms with Gasteiger partial charge in [0.25, 0.3) is 5.82 Å². The van der Waals surface area contributed by atoms with Gasteiger partial charge < -0.3 is 4.85 Å². The van der Waals surface area contributed by atoms with Gasteiger partial charge in [-0.25, -0.2) is 0 Å². The number of hydrogen-bond acceptors (Lipinski definition) is 1. The summed E-state index contributed by atoms with van der Waals surface area (Å²) < 4.78 is 0. The first-order valence-corrected chi connectivity index (χ1v) is 4.34. The van der Waals surface area contributed by atoms with E-state index in [-0.39, 0.29) is 5.41 Å². The van der Waals surface area contributed by atoms with Crippen LogP contribution in [-0.2, 0) is 6.42 Å². The summed E-state index contributed by atoms with van der Waals surface area (Å²) in [5.41, 5.74) is 1.47. The van der Waals surface area contributed by atoms with Crippen molar-refractivity contribution in [1.29, 1.82) is 0 Å². The largest absolute Gasteiger partial charge is 0.361 e. The van der Waals surface area contributed by atoms with Gasteiger partial charge in [0.2, 0.25) is 0 Å². The fourth-order valence-corrected chi connectivity index (χ4v) is 1.20. The molecule has 0 saturated heterocycles. The normalized spacial score (nSPS) is 10.9. The van der Waals surface area contributed by atoms with Crippen molar-refractivity contribution >= 4 is 5.82 Å². The molecular formula is C11H14N2. The Kier molecular flexibility index (Phi) is 2.67. The maximum absolute atomic E-state index is 6.76. The Morgan fingerprint density at radius 2 is 2.08 bits per heavy atom. The third kappa shape index (κ3) is 3.25. The molecular weight excluding hydrogens is 160 g/mol. The molecule has 1 rings (SSSR count). The van der Waals surface area contributed by atoms with E-state index in [0.29, 0.717) is 5.82 Å². The van der Waals surface area contributed by atoms with Crippen molar-refractivity contribution in [3.05, 3.63) is 35.3 Å². The summed E-state index contributed by atoms with van der Waals surface area (Å²) in [6, 6.07) is 3.75. The molecule has 0 N–H and O–H groups in total. The van der Waals surface area contributed by atoms with Crippen LogP contribution in [0, 0.1) is 12.0 Å². The molecule has 0 amide bonds. The van der Waals surface area contributed by atoms with Gasteiger partial charge in [0.1, 0.15) is 6.20 Å². The molecule has 0 bridgehead atoms. The van der Waals surface area contributed by atoms with Crippen LogP contribution in [0.4, 0.5) is 5.82 Å². The molecule has 0 atom stereocenters. The molecule has 0 radical (unpaired) electrons. The van der Waals surface area contributed by atoms with Crippen LogP contribution >= 0.6 is 0 Å². The van der Waals surface area contributed by atoms with Crippen LogP contribution in [0.5, 0.6) is 0 Å². The van der Waals surface area contributed by atoms with Gasteiger partial charge in [-0.05, 0) is 23.5 Å². The van der Waals surface area contributed by atoms with Crippen LogP contribution in [-0.4, -0.2) is 4.98 Å². The average Bonchev–Trinajstić information content (AvgIpc) is 2.03. The summed E-state index contributed by atoms with van der Waals surface area (Å²) in [6.07, 6.45) is 2.79. The highest BCUT2D eigenvalue weighted by Crippen LogP contribution is 2.20. The fourth-order valence-electron chi connectivity index (χ4n) is 1.20. The van der Waals surface area contributed by atoms with Crippen LogP contribution in [0.15, 0.2) is 18.3 Å². The lowest BCUT2D eigenvalue weighted by molar-refractivity contribution is 0.411. The quantitative estimate of drug-likeness (QED) is 0.597. The Bertz CT molecular complexity index is 311. The molecule has 0 aromatic carbocycles. The zero-order chi connectivity index (χ0) is 9.90. The molecule has 2 heteroatoms. The third-order valence-electron chi connectivity index (χ3n) is 1.66. The molecule has 13 heavy (non-hydrogen) atoms. The van der Waals surface area contributed by atoms with Crippen LogP contribution in [0.2, 0.25) is 0 Å². The van der Waals surface area contributed by atoms with Crippen molar-refractivity contribution < 1.29 is 0 Å². The van der Waals surface area contributed by atoms with Crippen molar-refractivity contribution in [3.63, 3.8) is 0 Å². The second-order valence-electron chi connectivity index (χ2n) is 4.37. The first-order valence-electron chi connectivity index (χ1n) is 4.34. The molecule has 68 valence electrons. The lowest BCUT2D eigenvalue weighted by Crippen LogP contribution is -2.08. The van der Waals surface area contributed by atoms with Gasteiger partial charge in [-0.15, -0.1) is 4.98 Å². The van der Waals surface area contributed by atoms with Crippen LogP contribution in [0.3, 0.4) is 0 Å². The van der Waals surface area contributed by atoms with Gasteiger partial charge in [-0.1, -0.05) is 33.4 Å². The first-order chi connectivity index (χ1) is 6.01. The van der Waals surface area contributed by atoms with E-state index in [1.54, 1.807) is 12.3 Å². The Hall–Kier alpha value is -1.36. The van der Waals surface area contributed by atoms with Crippen molar-refractivity contribution in [3.8, 4) is 0 Å². The van der Waals surface area contributed by atoms with E-state index in [4.69, 9.17) is 6.57 Å². The lowest BCUT2D eigenvalue weighted by Gasteiger charge is -2.16. The number of nitrogens with zero attached hydrogens (tertiary/aromatic N) is 2. The topological polar surface area (TPSA) is 17.2 Å². The second kappa shape index (κ2) is 3.57. The SMILES string of the molecule is [C-]#[N+]c1ccc(CC(C)(C)C)cn1. The average molecular weight is 174 g/mol. The van der Waals surface area contributed by atoms with Crippen LogP contribution in [0.1, 0.15) is 26.3 Å². The Morgan fingerprint density at radius 1 is 1.38 bits per heavy atom. The van der Waals surface area contributed by atoms with E-state index in [1.807, 2.05) is 6.07 Å². The van der Waals surface area contributed by atoms with Crippen molar-refractivity contribution in [2.75, 3.05) is 0 Å². The van der Waals surface area contributed by atoms with Gasteiger partial charge in [0.05, 0.1) is 0 Å². The number of aromatic nitrogens is 1. The first kappa shape index (κ1) is 9.73. The standard InChI is InChI=1S/C11H14N2/c1-11(2,3)7-9-5-6-10(12-4)13-8-9/h5-6,8H,7H2,1-3H3. The van der Waals surface area contributed by atoms with E-state index in [0.717, 1.165) is 6.42 Å². The predicted octanol–water partition coefficient (Wildman–Crippen LogP) is 3.22. The lowest BCUT2D eigenvalue weighted by atomic mass is 9.89. The predicted molar refractivity (Wildman–Crippen MR) is 53.7 cm³/mol. The highest BCUT2D eigenvalue weighted by Gasteiger charge is 2.11. The molecule has 2 nitrogen and oxygen atoms in total. The zero-order valence-corrected chi connectivity index (χ0v) is 8.33. The molecule has 1 heterocycles. The number of hydrogen-bond donors (Lipinski definition) is 0. The van der Waals surface area contributed by atoms with Crippen molar-refractivity contribution in [1.82, 2.24) is 4.98 Å². The third-order valence-corrected chi connectivity index (χ3v) is 1.66. The van der Waals surface area contributed by atoms with Gasteiger partial charge in [0.15, 0.2) is 0 Å². The Balaban J connectivity index is 2.77. The maximum Gasteiger partial charge on any atom is 0.269 e. The minimum absolute atomic E-state index is 0.279. The second-order valence-corrected chi connectivity index (χ2v) is 4.37. The maximum atomic E-state index is 6.76. The highest BCUT2D eigenvalue weighted by molar-refractivity contribution is 5.36. The van der Waals surface area contributed by atoms with E-state index < -0.39 is 0 Å². The number of pyridine rings is 1. The van der Waals surface area contributed by atoms with Gasteiger partial charge in [-0.3, -0.25) is 0 Å². The van der Waals surface area contributed by atoms with Crippen molar-refractivity contribution in [2.45, 2.75) is 27.2 Å². The van der Waals surface area contributed by atoms with Gasteiger partial charge >= 0.3 is 0 Å². The summed E-state index contributed by atoms with van der Waals surface area (Å²) >= 11 is 0. The molecule has 0 spiro atoms. The summed E-state index contributed by atoms with van der Waals surface area (Å²) in [5, 5.41) is 0. The monoisotopic (exact) mass is 174 g/mol. The molecule has 0 unspecified atom stereocenters. The summed E-state index contributed by atoms with van der Waals surface area (Å²) in [4.78, 5) is 7.27. The minimum Gasteiger partial charge on any atom is -0.361 e. The number of rotatable bonds is 1. The van der Waals surface area contributed by atoms with Crippen LogP contribution < -0.4 is 0 Å². The molecule has 1 aromatic rings. The zero-order valence-electron chi connectivity index (χ0n) is 8.33. The van der Waals surface area contributed by atoms with E-state index >= 15 is 0 Å². The smallest absolute Gasteiger partial charge is 0.269 e. The van der Waals surface area contributed by atoms with E-state index in [9.17, 15) is 0 Å². The Labute approximate surface area is 79.4 Å². The van der Waals surface area contributed by atoms with Gasteiger partial charge in [-0.2, -0.15) is 0 Å². The fraction of sp³-hybridized carbons (Fsp3) is 0.455. The van der Waals surface area contributed by atoms with E-state index in [1.165, 1.54) is 5.56 Å². The molecule has 0 fully saturated rings. The molecule has 0 aliphatic heterocycles. The van der Waals surface area contributed by atoms with E-state index in [2.05, 4.69) is 30.6 Å². The molecule has 0 saturated carbocycles. The minimum atomic E-state index is 0.279. The van der Waals surface area contributed by atoms with Gasteiger partial charge in [0, 0.05) is 0 Å². The summed E-state index contributed by atoms with van der Waals surface area (Å²) in [5.74, 6) is 0.470. The summed E-state index contributed by atoms with van der Waals surface area (Å²) in [7, 11) is 0. The molecule has 0 aliphatic carbocycles. The molecule has 1 aromatic heterocycles.